The van der Waals surface area contributed by atoms with Crippen LogP contribution in [-0.4, -0.2) is 67.7 Å². The monoisotopic (exact) mass is 549 g/mol. The number of nitrogens with zero attached hydrogens (tertiary/aromatic N) is 8. The van der Waals surface area contributed by atoms with Crippen LogP contribution < -0.4 is 9.46 Å². The predicted octanol–water partition coefficient (Wildman–Crippen LogP) is 2.61. The highest BCUT2D eigenvalue weighted by molar-refractivity contribution is 7.93. The molecule has 0 radical (unpaired) electrons. The number of sulfonamides is 1. The first kappa shape index (κ1) is 26.4. The zero-order valence-electron chi connectivity index (χ0n) is 20.5. The second-order valence-electron chi connectivity index (χ2n) is 7.90. The highest BCUT2D eigenvalue weighted by Crippen LogP contribution is 2.30. The molecule has 37 heavy (non-hydrogen) atoms. The first-order chi connectivity index (χ1) is 17.6. The van der Waals surface area contributed by atoms with Crippen LogP contribution in [0.15, 0.2) is 35.1 Å². The second kappa shape index (κ2) is 10.7. The number of pyridine rings is 1. The lowest BCUT2D eigenvalue weighted by atomic mass is 10.2. The number of methoxy groups -OCH3 is 2. The molecule has 4 aromatic rings. The van der Waals surface area contributed by atoms with Crippen LogP contribution in [0, 0.1) is 6.92 Å². The Morgan fingerprint density at radius 1 is 1.08 bits per heavy atom. The molecule has 4 aromatic heterocycles. The van der Waals surface area contributed by atoms with Crippen LogP contribution in [-0.2, 0) is 14.8 Å². The Balaban J connectivity index is 1.74. The SMILES string of the molecule is COc1cccc(-c2nnc(NS(=O)(=O)C(C)C(OC)c3ncc(Cl)cn3)n2C(C)c2noc(C)n2)n1. The normalized spacial score (nSPS) is 14.2. The molecule has 0 spiro atoms. The molecule has 196 valence electrons. The molecule has 0 aliphatic rings. The van der Waals surface area contributed by atoms with Crippen molar-refractivity contribution < 1.29 is 22.4 Å². The van der Waals surface area contributed by atoms with Gasteiger partial charge in [-0.25, -0.2) is 23.4 Å². The maximum Gasteiger partial charge on any atom is 0.240 e. The largest absolute Gasteiger partial charge is 0.481 e. The van der Waals surface area contributed by atoms with Crippen LogP contribution in [0.1, 0.15) is 43.5 Å². The summed E-state index contributed by atoms with van der Waals surface area (Å²) in [6.07, 6.45) is 1.73. The van der Waals surface area contributed by atoms with Crippen molar-refractivity contribution in [2.24, 2.45) is 0 Å². The minimum atomic E-state index is -4.12. The number of anilines is 1. The van der Waals surface area contributed by atoms with Gasteiger partial charge in [0.1, 0.15) is 17.0 Å². The van der Waals surface area contributed by atoms with Crippen molar-refractivity contribution in [3.8, 4) is 17.4 Å². The van der Waals surface area contributed by atoms with E-state index in [0.29, 0.717) is 28.3 Å². The van der Waals surface area contributed by atoms with Gasteiger partial charge in [-0.15, -0.1) is 10.2 Å². The molecule has 0 amide bonds. The molecule has 0 aliphatic heterocycles. The summed E-state index contributed by atoms with van der Waals surface area (Å²) in [5, 5.41) is 11.5. The van der Waals surface area contributed by atoms with Crippen LogP contribution in [0.3, 0.4) is 0 Å². The number of rotatable bonds is 10. The number of hydrogen-bond acceptors (Lipinski definition) is 12. The molecule has 4 heterocycles. The molecule has 4 rings (SSSR count). The highest BCUT2D eigenvalue weighted by atomic mass is 35.5. The van der Waals surface area contributed by atoms with Gasteiger partial charge in [0.15, 0.2) is 17.5 Å². The van der Waals surface area contributed by atoms with E-state index in [-0.39, 0.29) is 17.6 Å². The summed E-state index contributed by atoms with van der Waals surface area (Å²) in [6.45, 7) is 4.86. The lowest BCUT2D eigenvalue weighted by Crippen LogP contribution is -2.33. The van der Waals surface area contributed by atoms with Crippen molar-refractivity contribution in [2.45, 2.75) is 38.2 Å². The van der Waals surface area contributed by atoms with Gasteiger partial charge in [0.05, 0.1) is 18.2 Å². The van der Waals surface area contributed by atoms with E-state index >= 15 is 0 Å². The maximum atomic E-state index is 13.5. The molecule has 0 fully saturated rings. The van der Waals surface area contributed by atoms with E-state index in [1.807, 2.05) is 0 Å². The first-order valence-corrected chi connectivity index (χ1v) is 12.9. The van der Waals surface area contributed by atoms with E-state index in [0.717, 1.165) is 0 Å². The quantitative estimate of drug-likeness (QED) is 0.306. The Hall–Kier alpha value is -3.69. The Morgan fingerprint density at radius 3 is 2.43 bits per heavy atom. The molecule has 0 bridgehead atoms. The van der Waals surface area contributed by atoms with Crippen LogP contribution in [0.4, 0.5) is 5.95 Å². The second-order valence-corrected chi connectivity index (χ2v) is 10.4. The third kappa shape index (κ3) is 5.52. The van der Waals surface area contributed by atoms with Gasteiger partial charge >= 0.3 is 0 Å². The van der Waals surface area contributed by atoms with Gasteiger partial charge in [0, 0.05) is 32.5 Å². The number of hydrogen-bond donors (Lipinski definition) is 1. The molecule has 0 aromatic carbocycles. The minimum Gasteiger partial charge on any atom is -0.481 e. The van der Waals surface area contributed by atoms with Crippen molar-refractivity contribution in [3.05, 3.63) is 53.2 Å². The highest BCUT2D eigenvalue weighted by Gasteiger charge is 2.35. The van der Waals surface area contributed by atoms with Crippen LogP contribution in [0.5, 0.6) is 5.88 Å². The van der Waals surface area contributed by atoms with Crippen LogP contribution >= 0.6 is 11.6 Å². The third-order valence-corrected chi connectivity index (χ3v) is 7.35. The Kier molecular flexibility index (Phi) is 7.65. The van der Waals surface area contributed by atoms with Crippen molar-refractivity contribution >= 4 is 27.6 Å². The van der Waals surface area contributed by atoms with Crippen LogP contribution in [0.2, 0.25) is 5.02 Å². The first-order valence-electron chi connectivity index (χ1n) is 10.9. The Morgan fingerprint density at radius 2 is 1.81 bits per heavy atom. The maximum absolute atomic E-state index is 13.5. The van der Waals surface area contributed by atoms with Crippen molar-refractivity contribution in [3.63, 3.8) is 0 Å². The number of aromatic nitrogens is 8. The number of halogens is 1. The van der Waals surface area contributed by atoms with Gasteiger partial charge in [-0.3, -0.25) is 9.29 Å². The van der Waals surface area contributed by atoms with Gasteiger partial charge in [0.25, 0.3) is 0 Å². The lowest BCUT2D eigenvalue weighted by Gasteiger charge is -2.22. The fourth-order valence-electron chi connectivity index (χ4n) is 3.51. The molecule has 3 unspecified atom stereocenters. The topological polar surface area (TPSA) is 173 Å². The Labute approximate surface area is 217 Å². The molecule has 0 aliphatic carbocycles. The number of ether oxygens (including phenoxy) is 2. The molecular weight excluding hydrogens is 526 g/mol. The molecule has 0 saturated heterocycles. The average Bonchev–Trinajstić information content (AvgIpc) is 3.51. The molecule has 16 heteroatoms. The molecule has 3 atom stereocenters. The number of nitrogens with one attached hydrogen (secondary N) is 1. The van der Waals surface area contributed by atoms with Gasteiger partial charge < -0.3 is 14.0 Å². The smallest absolute Gasteiger partial charge is 0.240 e. The van der Waals surface area contributed by atoms with Gasteiger partial charge in [-0.1, -0.05) is 22.8 Å². The van der Waals surface area contributed by atoms with E-state index in [1.54, 1.807) is 32.0 Å². The summed E-state index contributed by atoms with van der Waals surface area (Å²) < 4.78 is 46.7. The lowest BCUT2D eigenvalue weighted by molar-refractivity contribution is 0.0950. The van der Waals surface area contributed by atoms with Gasteiger partial charge in [-0.05, 0) is 19.9 Å². The Bertz CT molecular complexity index is 1480. The molecule has 0 saturated carbocycles. The summed E-state index contributed by atoms with van der Waals surface area (Å²) in [5.41, 5.74) is 0.391. The summed E-state index contributed by atoms with van der Waals surface area (Å²) in [5.74, 6) is 1.30. The summed E-state index contributed by atoms with van der Waals surface area (Å²) in [7, 11) is -1.27. The summed E-state index contributed by atoms with van der Waals surface area (Å²) in [4.78, 5) is 16.9. The van der Waals surface area contributed by atoms with Crippen molar-refractivity contribution in [2.75, 3.05) is 18.9 Å². The zero-order chi connectivity index (χ0) is 26.7. The predicted molar refractivity (Wildman–Crippen MR) is 131 cm³/mol. The van der Waals surface area contributed by atoms with E-state index < -0.39 is 27.4 Å². The molecular formula is C21H24ClN9O5S. The van der Waals surface area contributed by atoms with E-state index in [9.17, 15) is 8.42 Å². The summed E-state index contributed by atoms with van der Waals surface area (Å²) >= 11 is 5.86. The molecule has 14 nitrogen and oxygen atoms in total. The van der Waals surface area contributed by atoms with Crippen molar-refractivity contribution in [1.29, 1.82) is 0 Å². The molecule has 1 N–H and O–H groups in total. The van der Waals surface area contributed by atoms with E-state index in [4.69, 9.17) is 25.6 Å². The fraction of sp³-hybridized carbons (Fsp3) is 0.381. The average molecular weight is 550 g/mol. The standard InChI is InChI=1S/C21H24ClN9O5S/c1-11(18-25-13(3)36-29-18)31-20(15-7-6-8-16(26-15)34-4)27-28-21(31)30-37(32,33)12(2)17(35-5)19-23-9-14(22)10-24-19/h6-12,17H,1-5H3,(H,28,30). The van der Waals surface area contributed by atoms with Crippen LogP contribution in [0.25, 0.3) is 11.5 Å². The minimum absolute atomic E-state index is 0.0895. The number of aryl methyl sites for hydroxylation is 1. The van der Waals surface area contributed by atoms with E-state index in [1.165, 1.54) is 38.1 Å². The third-order valence-electron chi connectivity index (χ3n) is 5.46. The summed E-state index contributed by atoms with van der Waals surface area (Å²) in [6, 6.07) is 4.45. The fourth-order valence-corrected chi connectivity index (χ4v) is 4.75. The van der Waals surface area contributed by atoms with E-state index in [2.05, 4.69) is 40.0 Å². The van der Waals surface area contributed by atoms with Gasteiger partial charge in [-0.2, -0.15) is 4.98 Å². The zero-order valence-corrected chi connectivity index (χ0v) is 22.1. The van der Waals surface area contributed by atoms with Gasteiger partial charge in [0.2, 0.25) is 27.7 Å². The van der Waals surface area contributed by atoms with Crippen molar-refractivity contribution in [1.82, 2.24) is 39.9 Å².